The smallest absolute Gasteiger partial charge is 0.461 e. The molecular formula is C31H20F10O3. The molecule has 0 heterocycles. The van der Waals surface area contributed by atoms with Gasteiger partial charge in [-0.15, -0.1) is 0 Å². The molecule has 0 radical (unpaired) electrons. The lowest BCUT2D eigenvalue weighted by Crippen LogP contribution is -2.35. The van der Waals surface area contributed by atoms with Crippen LogP contribution < -0.4 is 4.74 Å². The summed E-state index contributed by atoms with van der Waals surface area (Å²) in [7, 11) is 0. The standard InChI is InChI=1S/C31H20F10O3/c32-21-6-4-19(5-7-21)29(15-17-1-8-23(42)9-2-17,16-27(43)18-3-10-26(34)25(11-18)30(37,38)39)20-12-22(33)14-24(13-20)44-31(40,41)28(35)36/h1-14,28,42H,15-16H2/t29-/m1/s1. The average molecular weight is 630 g/mol. The highest BCUT2D eigenvalue weighted by molar-refractivity contribution is 5.97. The zero-order chi connectivity index (χ0) is 32.4. The molecular weight excluding hydrogens is 610 g/mol. The fourth-order valence-electron chi connectivity index (χ4n) is 4.76. The van der Waals surface area contributed by atoms with Crippen molar-refractivity contribution in [3.8, 4) is 11.5 Å². The minimum Gasteiger partial charge on any atom is -0.508 e. The molecule has 13 heteroatoms. The molecule has 4 aromatic rings. The molecule has 0 saturated carbocycles. The number of hydrogen-bond acceptors (Lipinski definition) is 3. The third-order valence-electron chi connectivity index (χ3n) is 6.83. The van der Waals surface area contributed by atoms with Crippen LogP contribution in [0.5, 0.6) is 11.5 Å². The number of ketones is 1. The molecule has 3 nitrogen and oxygen atoms in total. The minimum atomic E-state index is -5.18. The van der Waals surface area contributed by atoms with E-state index in [0.717, 1.165) is 42.5 Å². The van der Waals surface area contributed by atoms with Crippen LogP contribution in [0.1, 0.15) is 39.0 Å². The van der Waals surface area contributed by atoms with E-state index in [-0.39, 0.29) is 29.4 Å². The molecule has 0 aliphatic rings. The van der Waals surface area contributed by atoms with Crippen LogP contribution >= 0.6 is 0 Å². The number of aromatic hydroxyl groups is 1. The number of phenols is 1. The molecule has 1 atom stereocenters. The van der Waals surface area contributed by atoms with Gasteiger partial charge in [0.15, 0.2) is 5.78 Å². The average Bonchev–Trinajstić information content (AvgIpc) is 2.93. The van der Waals surface area contributed by atoms with Crippen molar-refractivity contribution in [2.75, 3.05) is 0 Å². The molecule has 0 saturated heterocycles. The van der Waals surface area contributed by atoms with Gasteiger partial charge in [-0.3, -0.25) is 4.79 Å². The molecule has 0 bridgehead atoms. The van der Waals surface area contributed by atoms with Crippen molar-refractivity contribution < 1.29 is 58.5 Å². The lowest BCUT2D eigenvalue weighted by molar-refractivity contribution is -0.253. The molecule has 1 N–H and O–H groups in total. The molecule has 0 fully saturated rings. The minimum absolute atomic E-state index is 0.0376. The zero-order valence-electron chi connectivity index (χ0n) is 22.1. The van der Waals surface area contributed by atoms with Crippen LogP contribution in [-0.4, -0.2) is 23.4 Å². The summed E-state index contributed by atoms with van der Waals surface area (Å²) in [5.74, 6) is -5.99. The summed E-state index contributed by atoms with van der Waals surface area (Å²) in [5, 5.41) is 9.74. The number of carbonyl (C=O) groups is 1. The number of carbonyl (C=O) groups excluding carboxylic acids is 1. The molecule has 0 aliphatic heterocycles. The maximum absolute atomic E-state index is 14.9. The van der Waals surface area contributed by atoms with Gasteiger partial charge in [-0.2, -0.15) is 30.7 Å². The maximum Gasteiger partial charge on any atom is 0.461 e. The zero-order valence-corrected chi connectivity index (χ0v) is 22.1. The Bertz CT molecular complexity index is 1630. The van der Waals surface area contributed by atoms with Crippen LogP contribution in [0.15, 0.2) is 84.9 Å². The van der Waals surface area contributed by atoms with Crippen molar-refractivity contribution in [2.45, 2.75) is 37.0 Å². The van der Waals surface area contributed by atoms with Crippen LogP contribution in [-0.2, 0) is 18.0 Å². The number of ether oxygens (including phenoxy) is 1. The first-order valence-corrected chi connectivity index (χ1v) is 12.6. The summed E-state index contributed by atoms with van der Waals surface area (Å²) in [5.41, 5.74) is -4.24. The van der Waals surface area contributed by atoms with Gasteiger partial charge in [-0.1, -0.05) is 24.3 Å². The van der Waals surface area contributed by atoms with Crippen LogP contribution in [0.4, 0.5) is 43.9 Å². The quantitative estimate of drug-likeness (QED) is 0.141. The van der Waals surface area contributed by atoms with Gasteiger partial charge in [0, 0.05) is 23.5 Å². The lowest BCUT2D eigenvalue weighted by Gasteiger charge is -2.36. The Balaban J connectivity index is 1.96. The number of Topliss-reactive ketones (excluding diaryl/α,β-unsaturated/α-hetero) is 1. The number of rotatable bonds is 10. The largest absolute Gasteiger partial charge is 0.508 e. The summed E-state index contributed by atoms with van der Waals surface area (Å²) in [6, 6.07) is 12.8. The van der Waals surface area contributed by atoms with Crippen LogP contribution in [0.2, 0.25) is 0 Å². The van der Waals surface area contributed by atoms with Gasteiger partial charge in [0.05, 0.1) is 5.56 Å². The van der Waals surface area contributed by atoms with Gasteiger partial charge in [0.1, 0.15) is 29.0 Å². The van der Waals surface area contributed by atoms with Crippen molar-refractivity contribution in [1.82, 2.24) is 0 Å². The molecule has 4 rings (SSSR count). The van der Waals surface area contributed by atoms with Gasteiger partial charge in [0.25, 0.3) is 0 Å². The van der Waals surface area contributed by atoms with Gasteiger partial charge < -0.3 is 9.84 Å². The number of phenolic OH excluding ortho intramolecular Hbond substituents is 1. The van der Waals surface area contributed by atoms with E-state index >= 15 is 0 Å². The van der Waals surface area contributed by atoms with E-state index < -0.39 is 70.7 Å². The van der Waals surface area contributed by atoms with E-state index in [4.69, 9.17) is 0 Å². The number of hydrogen-bond donors (Lipinski definition) is 1. The van der Waals surface area contributed by atoms with Crippen molar-refractivity contribution in [1.29, 1.82) is 0 Å². The Morgan fingerprint density at radius 3 is 1.98 bits per heavy atom. The number of halogens is 10. The van der Waals surface area contributed by atoms with Crippen molar-refractivity contribution >= 4 is 5.78 Å². The molecule has 0 amide bonds. The first-order chi connectivity index (χ1) is 20.5. The highest BCUT2D eigenvalue weighted by Gasteiger charge is 2.45. The predicted molar refractivity (Wildman–Crippen MR) is 137 cm³/mol. The fourth-order valence-corrected chi connectivity index (χ4v) is 4.76. The van der Waals surface area contributed by atoms with Gasteiger partial charge in [-0.25, -0.2) is 13.2 Å². The van der Waals surface area contributed by atoms with E-state index in [2.05, 4.69) is 4.74 Å². The molecule has 0 unspecified atom stereocenters. The maximum atomic E-state index is 14.9. The summed E-state index contributed by atoms with van der Waals surface area (Å²) in [6.07, 6.45) is -15.7. The van der Waals surface area contributed by atoms with Crippen molar-refractivity contribution in [2.24, 2.45) is 0 Å². The Labute approximate surface area is 243 Å². The fraction of sp³-hybridized carbons (Fsp3) is 0.194. The second-order valence-electron chi connectivity index (χ2n) is 9.86. The second-order valence-corrected chi connectivity index (χ2v) is 9.86. The predicted octanol–water partition coefficient (Wildman–Crippen LogP) is 8.87. The van der Waals surface area contributed by atoms with Crippen LogP contribution in [0, 0.1) is 17.5 Å². The van der Waals surface area contributed by atoms with E-state index in [0.29, 0.717) is 17.7 Å². The first kappa shape index (κ1) is 32.4. The van der Waals surface area contributed by atoms with Crippen LogP contribution in [0.3, 0.4) is 0 Å². The van der Waals surface area contributed by atoms with E-state index in [9.17, 15) is 53.8 Å². The Kier molecular flexibility index (Phi) is 8.98. The molecule has 0 aliphatic carbocycles. The summed E-state index contributed by atoms with van der Waals surface area (Å²) < 4.78 is 141. The van der Waals surface area contributed by atoms with E-state index in [1.165, 1.54) is 24.3 Å². The second kappa shape index (κ2) is 12.2. The van der Waals surface area contributed by atoms with Crippen LogP contribution in [0.25, 0.3) is 0 Å². The van der Waals surface area contributed by atoms with E-state index in [1.54, 1.807) is 0 Å². The number of benzene rings is 4. The summed E-state index contributed by atoms with van der Waals surface area (Å²) >= 11 is 0. The normalized spacial score (nSPS) is 13.5. The summed E-state index contributed by atoms with van der Waals surface area (Å²) in [4.78, 5) is 13.6. The van der Waals surface area contributed by atoms with Gasteiger partial charge >= 0.3 is 18.7 Å². The SMILES string of the molecule is O=C(C[C@](Cc1ccc(O)cc1)(c1ccc(F)cc1)c1cc(F)cc(OC(F)(F)C(F)F)c1)c1ccc(F)c(C(F)(F)F)c1. The van der Waals surface area contributed by atoms with Crippen molar-refractivity contribution in [3.05, 3.63) is 130 Å². The van der Waals surface area contributed by atoms with Gasteiger partial charge in [0.2, 0.25) is 0 Å². The Morgan fingerprint density at radius 2 is 1.39 bits per heavy atom. The monoisotopic (exact) mass is 630 g/mol. The van der Waals surface area contributed by atoms with Crippen molar-refractivity contribution in [3.63, 3.8) is 0 Å². The highest BCUT2D eigenvalue weighted by Crippen LogP contribution is 2.43. The Hall–Kier alpha value is -4.55. The molecule has 0 spiro atoms. The third-order valence-corrected chi connectivity index (χ3v) is 6.83. The van der Waals surface area contributed by atoms with Gasteiger partial charge in [-0.05, 0) is 77.7 Å². The lowest BCUT2D eigenvalue weighted by atomic mass is 9.67. The number of alkyl halides is 7. The van der Waals surface area contributed by atoms with E-state index in [1.807, 2.05) is 0 Å². The topological polar surface area (TPSA) is 46.5 Å². The molecule has 232 valence electrons. The Morgan fingerprint density at radius 1 is 0.750 bits per heavy atom. The molecule has 44 heavy (non-hydrogen) atoms. The highest BCUT2D eigenvalue weighted by atomic mass is 19.4. The molecule has 4 aromatic carbocycles. The molecule has 0 aromatic heterocycles. The summed E-state index contributed by atoms with van der Waals surface area (Å²) in [6.45, 7) is 0. The third kappa shape index (κ3) is 7.14. The first-order valence-electron chi connectivity index (χ1n) is 12.6.